The van der Waals surface area contributed by atoms with E-state index in [0.29, 0.717) is 35.1 Å². The predicted octanol–water partition coefficient (Wildman–Crippen LogP) is 5.10. The summed E-state index contributed by atoms with van der Waals surface area (Å²) in [6.45, 7) is 8.10. The van der Waals surface area contributed by atoms with E-state index in [2.05, 4.69) is 10.4 Å². The second-order valence-corrected chi connectivity index (χ2v) is 11.3. The van der Waals surface area contributed by atoms with Crippen molar-refractivity contribution in [1.29, 1.82) is 0 Å². The van der Waals surface area contributed by atoms with E-state index in [4.69, 9.17) is 4.98 Å². The van der Waals surface area contributed by atoms with E-state index in [1.807, 2.05) is 32.4 Å². The third-order valence-electron chi connectivity index (χ3n) is 6.07. The first-order chi connectivity index (χ1) is 15.2. The summed E-state index contributed by atoms with van der Waals surface area (Å²) < 4.78 is 27.8. The van der Waals surface area contributed by atoms with Gasteiger partial charge in [-0.2, -0.15) is 5.10 Å². The first-order valence-electron chi connectivity index (χ1n) is 11.2. The van der Waals surface area contributed by atoms with Gasteiger partial charge in [0.15, 0.2) is 15.5 Å². The highest BCUT2D eigenvalue weighted by Crippen LogP contribution is 2.31. The Morgan fingerprint density at radius 1 is 1.12 bits per heavy atom. The summed E-state index contributed by atoms with van der Waals surface area (Å²) >= 11 is 0. The van der Waals surface area contributed by atoms with Crippen LogP contribution in [0.25, 0.3) is 11.0 Å². The van der Waals surface area contributed by atoms with Crippen LogP contribution in [0.2, 0.25) is 0 Å². The fraction of sp³-hybridized carbons (Fsp3) is 0.458. The zero-order chi connectivity index (χ0) is 23.0. The molecule has 4 rings (SSSR count). The molecule has 1 amide bonds. The monoisotopic (exact) mass is 454 g/mol. The number of amides is 1. The summed E-state index contributed by atoms with van der Waals surface area (Å²) in [7, 11) is -3.40. The highest BCUT2D eigenvalue weighted by Gasteiger charge is 2.30. The molecule has 0 spiro atoms. The molecule has 0 atom stereocenters. The predicted molar refractivity (Wildman–Crippen MR) is 126 cm³/mol. The number of hydrogen-bond donors (Lipinski definition) is 1. The van der Waals surface area contributed by atoms with Gasteiger partial charge in [0, 0.05) is 17.4 Å². The number of rotatable bonds is 6. The molecular formula is C24H30N4O3S. The molecule has 2 aromatic heterocycles. The summed E-state index contributed by atoms with van der Waals surface area (Å²) in [5.41, 5.74) is 2.42. The molecule has 1 aliphatic carbocycles. The van der Waals surface area contributed by atoms with Crippen molar-refractivity contribution in [3.8, 4) is 0 Å². The Labute approximate surface area is 189 Å². The molecule has 7 nitrogen and oxygen atoms in total. The maximum Gasteiger partial charge on any atom is 0.256 e. The molecule has 1 fully saturated rings. The Balaban J connectivity index is 1.69. The second kappa shape index (κ2) is 8.65. The fourth-order valence-corrected chi connectivity index (χ4v) is 6.14. The van der Waals surface area contributed by atoms with Crippen molar-refractivity contribution in [2.24, 2.45) is 0 Å². The number of carbonyl (C=O) groups is 1. The summed E-state index contributed by atoms with van der Waals surface area (Å²) in [6.07, 6.45) is 4.96. The Bertz CT molecular complexity index is 1260. The Morgan fingerprint density at radius 2 is 1.84 bits per heavy atom. The van der Waals surface area contributed by atoms with Crippen LogP contribution in [-0.2, 0) is 9.84 Å². The van der Waals surface area contributed by atoms with Crippen LogP contribution in [0.15, 0.2) is 41.4 Å². The topological polar surface area (TPSA) is 94.0 Å². The molecule has 1 aliphatic rings. The minimum absolute atomic E-state index is 0.107. The summed E-state index contributed by atoms with van der Waals surface area (Å²) in [4.78, 5) is 18.3. The van der Waals surface area contributed by atoms with Crippen LogP contribution in [0, 0.1) is 0 Å². The lowest BCUT2D eigenvalue weighted by Gasteiger charge is -2.14. The van der Waals surface area contributed by atoms with Crippen LogP contribution < -0.4 is 5.32 Å². The van der Waals surface area contributed by atoms with Crippen LogP contribution in [0.1, 0.15) is 81.4 Å². The van der Waals surface area contributed by atoms with E-state index in [0.717, 1.165) is 18.5 Å². The lowest BCUT2D eigenvalue weighted by molar-refractivity contribution is 0.102. The third kappa shape index (κ3) is 4.16. The number of nitrogens with one attached hydrogen (secondary N) is 1. The number of hydrogen-bond acceptors (Lipinski definition) is 5. The van der Waals surface area contributed by atoms with Gasteiger partial charge in [-0.25, -0.2) is 18.1 Å². The highest BCUT2D eigenvalue weighted by atomic mass is 32.2. The third-order valence-corrected chi connectivity index (χ3v) is 8.33. The van der Waals surface area contributed by atoms with Crippen molar-refractivity contribution < 1.29 is 13.2 Å². The molecular weight excluding hydrogens is 424 g/mol. The van der Waals surface area contributed by atoms with Gasteiger partial charge in [0.05, 0.1) is 27.3 Å². The molecule has 1 saturated carbocycles. The summed E-state index contributed by atoms with van der Waals surface area (Å²) in [5, 5.41) is 7.67. The van der Waals surface area contributed by atoms with E-state index in [-0.39, 0.29) is 28.0 Å². The summed E-state index contributed by atoms with van der Waals surface area (Å²) in [5.74, 6) is -0.167. The normalized spacial score (nSPS) is 15.2. The number of sulfone groups is 1. The number of fused-ring (bicyclic) bond motifs is 1. The van der Waals surface area contributed by atoms with E-state index >= 15 is 0 Å². The van der Waals surface area contributed by atoms with Gasteiger partial charge in [0.2, 0.25) is 0 Å². The van der Waals surface area contributed by atoms with Gasteiger partial charge in [-0.1, -0.05) is 32.8 Å². The first-order valence-corrected chi connectivity index (χ1v) is 12.8. The zero-order valence-electron chi connectivity index (χ0n) is 19.0. The smallest absolute Gasteiger partial charge is 0.256 e. The molecule has 2 heterocycles. The lowest BCUT2D eigenvalue weighted by Crippen LogP contribution is -2.18. The van der Waals surface area contributed by atoms with Crippen LogP contribution >= 0.6 is 0 Å². The van der Waals surface area contributed by atoms with Gasteiger partial charge in [-0.15, -0.1) is 0 Å². The number of aromatic nitrogens is 3. The average molecular weight is 455 g/mol. The number of carbonyl (C=O) groups excluding carboxylic acids is 1. The molecule has 0 unspecified atom stereocenters. The SMILES string of the molecule is CC(C)c1cc(C(=O)Nc2cccc(S(=O)(=O)C3CCCC3)c2)c2cnn(C(C)C)c2n1. The van der Waals surface area contributed by atoms with Gasteiger partial charge in [0.1, 0.15) is 0 Å². The zero-order valence-corrected chi connectivity index (χ0v) is 19.8. The highest BCUT2D eigenvalue weighted by molar-refractivity contribution is 7.92. The number of benzene rings is 1. The van der Waals surface area contributed by atoms with Gasteiger partial charge in [-0.3, -0.25) is 4.79 Å². The first kappa shape index (κ1) is 22.5. The standard InChI is InChI=1S/C24H30N4O3S/c1-15(2)22-13-20(21-14-25-28(16(3)4)23(21)27-22)24(29)26-17-8-7-11-19(12-17)32(30,31)18-9-5-6-10-18/h7-8,11-16,18H,5-6,9-10H2,1-4H3,(H,26,29). The van der Waals surface area contributed by atoms with Gasteiger partial charge in [-0.05, 0) is 56.9 Å². The van der Waals surface area contributed by atoms with Gasteiger partial charge < -0.3 is 5.32 Å². The fourth-order valence-electron chi connectivity index (χ4n) is 4.24. The molecule has 1 N–H and O–H groups in total. The molecule has 170 valence electrons. The number of nitrogens with zero attached hydrogens (tertiary/aromatic N) is 3. The second-order valence-electron chi connectivity index (χ2n) is 9.10. The summed E-state index contributed by atoms with van der Waals surface area (Å²) in [6, 6.07) is 8.47. The minimum Gasteiger partial charge on any atom is -0.322 e. The molecule has 1 aromatic carbocycles. The average Bonchev–Trinajstić information content (AvgIpc) is 3.43. The van der Waals surface area contributed by atoms with Gasteiger partial charge in [0.25, 0.3) is 5.91 Å². The molecule has 0 saturated heterocycles. The van der Waals surface area contributed by atoms with Crippen LogP contribution in [0.5, 0.6) is 0 Å². The minimum atomic E-state index is -3.40. The van der Waals surface area contributed by atoms with Crippen LogP contribution in [-0.4, -0.2) is 34.3 Å². The lowest BCUT2D eigenvalue weighted by atomic mass is 10.0. The number of anilines is 1. The maximum absolute atomic E-state index is 13.3. The van der Waals surface area contributed by atoms with Crippen molar-refractivity contribution in [1.82, 2.24) is 14.8 Å². The van der Waals surface area contributed by atoms with E-state index in [1.54, 1.807) is 36.5 Å². The van der Waals surface area contributed by atoms with Crippen molar-refractivity contribution in [2.75, 3.05) is 5.32 Å². The van der Waals surface area contributed by atoms with E-state index < -0.39 is 9.84 Å². The van der Waals surface area contributed by atoms with Crippen LogP contribution in [0.4, 0.5) is 5.69 Å². The largest absolute Gasteiger partial charge is 0.322 e. The quantitative estimate of drug-likeness (QED) is 0.559. The Morgan fingerprint density at radius 3 is 2.50 bits per heavy atom. The van der Waals surface area contributed by atoms with E-state index in [9.17, 15) is 13.2 Å². The van der Waals surface area contributed by atoms with Crippen LogP contribution in [0.3, 0.4) is 0 Å². The number of pyridine rings is 1. The van der Waals surface area contributed by atoms with Crippen molar-refractivity contribution in [3.05, 3.63) is 47.8 Å². The van der Waals surface area contributed by atoms with Crippen molar-refractivity contribution in [2.45, 2.75) is 75.5 Å². The Kier molecular flexibility index (Phi) is 6.07. The molecule has 3 aromatic rings. The molecule has 0 radical (unpaired) electrons. The van der Waals surface area contributed by atoms with E-state index in [1.165, 1.54) is 0 Å². The van der Waals surface area contributed by atoms with Crippen molar-refractivity contribution >= 4 is 32.5 Å². The maximum atomic E-state index is 13.3. The molecule has 0 bridgehead atoms. The van der Waals surface area contributed by atoms with Crippen molar-refractivity contribution in [3.63, 3.8) is 0 Å². The molecule has 32 heavy (non-hydrogen) atoms. The molecule has 0 aliphatic heterocycles. The Hall–Kier alpha value is -2.74. The molecule has 8 heteroatoms. The van der Waals surface area contributed by atoms with Gasteiger partial charge >= 0.3 is 0 Å².